The predicted octanol–water partition coefficient (Wildman–Crippen LogP) is 5.91. The first kappa shape index (κ1) is 28.9. The number of ether oxygens (including phenoxy) is 1. The number of rotatable bonds is 6. The summed E-state index contributed by atoms with van der Waals surface area (Å²) in [6.07, 6.45) is 8.13. The lowest BCUT2D eigenvalue weighted by atomic mass is 9.67. The molecule has 2 N–H and O–H groups in total. The van der Waals surface area contributed by atoms with Crippen molar-refractivity contribution in [3.05, 3.63) is 47.9 Å². The Morgan fingerprint density at radius 2 is 1.86 bits per heavy atom. The molecule has 1 spiro atoms. The minimum atomic E-state index is -4.70. The van der Waals surface area contributed by atoms with Crippen LogP contribution in [0.15, 0.2) is 36.7 Å². The third-order valence-corrected chi connectivity index (χ3v) is 9.70. The topological polar surface area (TPSA) is 84.3 Å². The highest BCUT2D eigenvalue weighted by Gasteiger charge is 2.39. The summed E-state index contributed by atoms with van der Waals surface area (Å²) in [4.78, 5) is 19.2. The van der Waals surface area contributed by atoms with E-state index in [1.807, 2.05) is 10.9 Å². The van der Waals surface area contributed by atoms with Crippen LogP contribution in [0.4, 0.5) is 18.9 Å². The summed E-state index contributed by atoms with van der Waals surface area (Å²) in [6.45, 7) is 5.97. The Hall–Kier alpha value is -3.18. The summed E-state index contributed by atoms with van der Waals surface area (Å²) in [5.41, 5.74) is -0.346. The third kappa shape index (κ3) is 6.13. The van der Waals surface area contributed by atoms with Gasteiger partial charge in [-0.3, -0.25) is 14.5 Å². The zero-order valence-electron chi connectivity index (χ0n) is 24.1. The van der Waals surface area contributed by atoms with Gasteiger partial charge >= 0.3 is 6.18 Å². The van der Waals surface area contributed by atoms with E-state index in [9.17, 15) is 18.0 Å². The van der Waals surface area contributed by atoms with Gasteiger partial charge < -0.3 is 20.3 Å². The minimum absolute atomic E-state index is 0.271. The summed E-state index contributed by atoms with van der Waals surface area (Å²) in [5.74, 6) is 0.210. The lowest BCUT2D eigenvalue weighted by molar-refractivity contribution is -0.138. The molecule has 2 saturated heterocycles. The number of carbonyl (C=O) groups is 1. The minimum Gasteiger partial charge on any atom is -0.494 e. The third-order valence-electron chi connectivity index (χ3n) is 9.70. The van der Waals surface area contributed by atoms with E-state index in [4.69, 9.17) is 9.84 Å². The second-order valence-corrected chi connectivity index (χ2v) is 12.3. The fourth-order valence-electron chi connectivity index (χ4n) is 7.14. The van der Waals surface area contributed by atoms with Crippen molar-refractivity contribution in [2.24, 2.45) is 11.3 Å². The molecule has 1 saturated carbocycles. The SMILES string of the molecule is COc1cc2nn(C3CCC4(CC3)CCN(CC3CCNCC3)CC4)cc2cc1NC(=O)c1ncccc1C(F)(F)F. The van der Waals surface area contributed by atoms with Crippen molar-refractivity contribution in [1.29, 1.82) is 0 Å². The molecule has 3 fully saturated rings. The molecule has 0 radical (unpaired) electrons. The Kier molecular flexibility index (Phi) is 8.15. The maximum Gasteiger partial charge on any atom is 0.418 e. The molecule has 1 aromatic carbocycles. The van der Waals surface area contributed by atoms with Crippen LogP contribution in [0.5, 0.6) is 5.75 Å². The fraction of sp³-hybridized carbons (Fsp3) is 0.581. The van der Waals surface area contributed by atoms with Crippen LogP contribution in [0, 0.1) is 11.3 Å². The van der Waals surface area contributed by atoms with Crippen LogP contribution < -0.4 is 15.4 Å². The molecule has 8 nitrogen and oxygen atoms in total. The van der Waals surface area contributed by atoms with Gasteiger partial charge in [-0.25, -0.2) is 0 Å². The van der Waals surface area contributed by atoms with E-state index in [1.165, 1.54) is 71.5 Å². The van der Waals surface area contributed by atoms with Crippen LogP contribution in [0.25, 0.3) is 10.9 Å². The molecule has 3 aliphatic rings. The number of nitrogens with zero attached hydrogens (tertiary/aromatic N) is 4. The van der Waals surface area contributed by atoms with Crippen LogP contribution in [0.2, 0.25) is 0 Å². The number of halogens is 3. The summed E-state index contributed by atoms with van der Waals surface area (Å²) in [6, 6.07) is 5.72. The van der Waals surface area contributed by atoms with Gasteiger partial charge in [-0.1, -0.05) is 0 Å². The molecule has 42 heavy (non-hydrogen) atoms. The average molecular weight is 585 g/mol. The molecule has 0 bridgehead atoms. The molecule has 2 aliphatic heterocycles. The predicted molar refractivity (Wildman–Crippen MR) is 155 cm³/mol. The van der Waals surface area contributed by atoms with Crippen LogP contribution in [0.3, 0.4) is 0 Å². The highest BCUT2D eigenvalue weighted by molar-refractivity contribution is 6.06. The molecule has 3 aromatic rings. The quantitative estimate of drug-likeness (QED) is 0.375. The number of hydrogen-bond acceptors (Lipinski definition) is 6. The first-order chi connectivity index (χ1) is 20.2. The standard InChI is InChI=1S/C31H39F3N6O2/c1-42-27-18-25-22(17-26(27)37-29(41)28-24(31(32,33)34)3-2-12-36-28)20-40(38-25)23-4-8-30(9-5-23)10-15-39(16-11-30)19-21-6-13-35-14-7-21/h2-3,12,17-18,20-21,23,35H,4-11,13-16,19H2,1H3,(H,37,41). The summed E-state index contributed by atoms with van der Waals surface area (Å²) < 4.78 is 47.8. The molecular formula is C31H39F3N6O2. The van der Waals surface area contributed by atoms with E-state index < -0.39 is 23.3 Å². The van der Waals surface area contributed by atoms with E-state index in [0.29, 0.717) is 22.7 Å². The van der Waals surface area contributed by atoms with Gasteiger partial charge in [0.15, 0.2) is 0 Å². The first-order valence-corrected chi connectivity index (χ1v) is 15.1. The molecule has 4 heterocycles. The number of methoxy groups -OCH3 is 1. The number of benzene rings is 1. The maximum absolute atomic E-state index is 13.4. The maximum atomic E-state index is 13.4. The molecule has 11 heteroatoms. The molecule has 226 valence electrons. The molecule has 0 unspecified atom stereocenters. The highest BCUT2D eigenvalue weighted by Crippen LogP contribution is 2.48. The summed E-state index contributed by atoms with van der Waals surface area (Å²) >= 11 is 0. The number of piperidine rings is 2. The second-order valence-electron chi connectivity index (χ2n) is 12.3. The number of alkyl halides is 3. The smallest absolute Gasteiger partial charge is 0.418 e. The monoisotopic (exact) mass is 584 g/mol. The van der Waals surface area contributed by atoms with Crippen LogP contribution in [-0.2, 0) is 6.18 Å². The Morgan fingerprint density at radius 1 is 1.12 bits per heavy atom. The van der Waals surface area contributed by atoms with Crippen LogP contribution >= 0.6 is 0 Å². The Labute approximate surface area is 244 Å². The number of likely N-dealkylation sites (tertiary alicyclic amines) is 1. The number of hydrogen-bond donors (Lipinski definition) is 2. The van der Waals surface area contributed by atoms with Gasteiger partial charge in [0.25, 0.3) is 5.91 Å². The molecular weight excluding hydrogens is 545 g/mol. The largest absolute Gasteiger partial charge is 0.494 e. The molecule has 0 atom stereocenters. The van der Waals surface area contributed by atoms with E-state index in [-0.39, 0.29) is 5.69 Å². The average Bonchev–Trinajstić information content (AvgIpc) is 3.41. The van der Waals surface area contributed by atoms with Gasteiger partial charge in [-0.2, -0.15) is 18.3 Å². The molecule has 1 amide bonds. The number of anilines is 1. The molecule has 1 aliphatic carbocycles. The van der Waals surface area contributed by atoms with Crippen molar-refractivity contribution in [2.45, 2.75) is 63.6 Å². The van der Waals surface area contributed by atoms with Gasteiger partial charge in [-0.05, 0) is 107 Å². The van der Waals surface area contributed by atoms with E-state index >= 15 is 0 Å². The Bertz CT molecular complexity index is 1400. The van der Waals surface area contributed by atoms with Gasteiger partial charge in [-0.15, -0.1) is 0 Å². The zero-order valence-corrected chi connectivity index (χ0v) is 24.1. The lowest BCUT2D eigenvalue weighted by Crippen LogP contribution is -2.45. The second kappa shape index (κ2) is 11.8. The van der Waals surface area contributed by atoms with E-state index in [0.717, 1.165) is 49.4 Å². The Morgan fingerprint density at radius 3 is 2.55 bits per heavy atom. The van der Waals surface area contributed by atoms with Gasteiger partial charge in [0.2, 0.25) is 0 Å². The normalized spacial score (nSPS) is 20.7. The Balaban J connectivity index is 1.11. The van der Waals surface area contributed by atoms with Crippen molar-refractivity contribution in [3.63, 3.8) is 0 Å². The highest BCUT2D eigenvalue weighted by atomic mass is 19.4. The number of aromatic nitrogens is 3. The van der Waals surface area contributed by atoms with Crippen molar-refractivity contribution >= 4 is 22.5 Å². The van der Waals surface area contributed by atoms with Crippen molar-refractivity contribution in [2.75, 3.05) is 45.2 Å². The summed E-state index contributed by atoms with van der Waals surface area (Å²) in [5, 5.41) is 11.7. The summed E-state index contributed by atoms with van der Waals surface area (Å²) in [7, 11) is 1.45. The number of pyridine rings is 1. The molecule has 2 aromatic heterocycles. The molecule has 6 rings (SSSR count). The number of amides is 1. The van der Waals surface area contributed by atoms with Crippen LogP contribution in [0.1, 0.15) is 73.5 Å². The van der Waals surface area contributed by atoms with E-state index in [1.54, 1.807) is 12.1 Å². The van der Waals surface area contributed by atoms with Crippen molar-refractivity contribution < 1.29 is 22.7 Å². The lowest BCUT2D eigenvalue weighted by Gasteiger charge is -2.46. The number of fused-ring (bicyclic) bond motifs is 1. The van der Waals surface area contributed by atoms with Crippen molar-refractivity contribution in [3.8, 4) is 5.75 Å². The number of carbonyl (C=O) groups excluding carboxylic acids is 1. The first-order valence-electron chi connectivity index (χ1n) is 15.1. The van der Waals surface area contributed by atoms with Gasteiger partial charge in [0.1, 0.15) is 11.4 Å². The van der Waals surface area contributed by atoms with Gasteiger partial charge in [0, 0.05) is 30.4 Å². The number of nitrogens with one attached hydrogen (secondary N) is 2. The fourth-order valence-corrected chi connectivity index (χ4v) is 7.14. The van der Waals surface area contributed by atoms with E-state index in [2.05, 4.69) is 20.5 Å². The van der Waals surface area contributed by atoms with Crippen LogP contribution in [-0.4, -0.2) is 65.4 Å². The van der Waals surface area contributed by atoms with Crippen molar-refractivity contribution in [1.82, 2.24) is 25.0 Å². The zero-order chi connectivity index (χ0) is 29.3. The van der Waals surface area contributed by atoms with Gasteiger partial charge in [0.05, 0.1) is 29.9 Å².